The third-order valence-electron chi connectivity index (χ3n) is 3.54. The monoisotopic (exact) mass is 242 g/mol. The second-order valence-electron chi connectivity index (χ2n) is 4.94. The maximum absolute atomic E-state index is 12.2. The van der Waals surface area contributed by atoms with Gasteiger partial charge in [-0.05, 0) is 32.2 Å². The summed E-state index contributed by atoms with van der Waals surface area (Å²) in [5.74, 6) is 1.00. The van der Waals surface area contributed by atoms with Gasteiger partial charge in [0.1, 0.15) is 0 Å². The van der Waals surface area contributed by atoms with Crippen molar-refractivity contribution in [2.75, 3.05) is 40.4 Å². The van der Waals surface area contributed by atoms with Crippen LogP contribution in [0.25, 0.3) is 0 Å². The first-order chi connectivity index (χ1) is 8.19. The summed E-state index contributed by atoms with van der Waals surface area (Å²) in [5, 5.41) is 3.09. The summed E-state index contributed by atoms with van der Waals surface area (Å²) < 4.78 is 5.34. The van der Waals surface area contributed by atoms with Gasteiger partial charge in [0.15, 0.2) is 0 Å². The summed E-state index contributed by atoms with van der Waals surface area (Å²) in [5.41, 5.74) is 0. The third-order valence-corrected chi connectivity index (χ3v) is 3.54. The molecule has 0 aromatic carbocycles. The molecule has 1 N–H and O–H groups in total. The summed E-state index contributed by atoms with van der Waals surface area (Å²) in [6, 6.07) is 0. The number of amides is 1. The molecule has 0 saturated carbocycles. The van der Waals surface area contributed by atoms with E-state index < -0.39 is 0 Å². The Kier molecular flexibility index (Phi) is 6.52. The molecule has 100 valence electrons. The average Bonchev–Trinajstić information content (AvgIpc) is 2.36. The van der Waals surface area contributed by atoms with Crippen LogP contribution in [0.1, 0.15) is 26.2 Å². The zero-order chi connectivity index (χ0) is 12.7. The Bertz CT molecular complexity index is 227. The molecule has 1 aliphatic heterocycles. The van der Waals surface area contributed by atoms with Crippen LogP contribution in [0.2, 0.25) is 0 Å². The van der Waals surface area contributed by atoms with Gasteiger partial charge < -0.3 is 15.0 Å². The predicted molar refractivity (Wildman–Crippen MR) is 68.9 cm³/mol. The summed E-state index contributed by atoms with van der Waals surface area (Å²) >= 11 is 0. The summed E-state index contributed by atoms with van der Waals surface area (Å²) in [6.45, 7) is 5.42. The van der Waals surface area contributed by atoms with Crippen molar-refractivity contribution in [2.45, 2.75) is 26.2 Å². The fraction of sp³-hybridized carbons (Fsp3) is 0.923. The van der Waals surface area contributed by atoms with Gasteiger partial charge in [-0.25, -0.2) is 0 Å². The normalized spacial score (nSPS) is 19.0. The fourth-order valence-corrected chi connectivity index (χ4v) is 2.37. The Balaban J connectivity index is 2.38. The van der Waals surface area contributed by atoms with Crippen molar-refractivity contribution in [3.63, 3.8) is 0 Å². The molecule has 0 aliphatic carbocycles. The number of hydrogen-bond acceptors (Lipinski definition) is 3. The maximum Gasteiger partial charge on any atom is 0.226 e. The molecule has 17 heavy (non-hydrogen) atoms. The number of carbonyl (C=O) groups is 1. The van der Waals surface area contributed by atoms with E-state index in [4.69, 9.17) is 4.74 Å². The van der Waals surface area contributed by atoms with E-state index in [1.165, 1.54) is 0 Å². The molecule has 4 nitrogen and oxygen atoms in total. The van der Waals surface area contributed by atoms with E-state index in [-0.39, 0.29) is 11.8 Å². The van der Waals surface area contributed by atoms with Gasteiger partial charge in [0.25, 0.3) is 0 Å². The van der Waals surface area contributed by atoms with Crippen LogP contribution in [0.3, 0.4) is 0 Å². The molecule has 1 unspecified atom stereocenters. The highest BCUT2D eigenvalue weighted by atomic mass is 16.5. The van der Waals surface area contributed by atoms with E-state index in [1.807, 2.05) is 19.0 Å². The Hall–Kier alpha value is -0.610. The van der Waals surface area contributed by atoms with E-state index in [1.54, 1.807) is 0 Å². The standard InChI is InChI=1S/C13H26N2O2/c1-4-12(9-14-2)13(16)15(3)10-11-5-7-17-8-6-11/h11-12,14H,4-10H2,1-3H3. The number of ether oxygens (including phenoxy) is 1. The highest BCUT2D eigenvalue weighted by Gasteiger charge is 2.23. The lowest BCUT2D eigenvalue weighted by Gasteiger charge is -2.29. The highest BCUT2D eigenvalue weighted by molar-refractivity contribution is 5.78. The van der Waals surface area contributed by atoms with Crippen LogP contribution in [0.4, 0.5) is 0 Å². The van der Waals surface area contributed by atoms with Crippen molar-refractivity contribution in [1.29, 1.82) is 0 Å². The Morgan fingerprint density at radius 1 is 1.47 bits per heavy atom. The topological polar surface area (TPSA) is 41.6 Å². The summed E-state index contributed by atoms with van der Waals surface area (Å²) in [4.78, 5) is 14.1. The fourth-order valence-electron chi connectivity index (χ4n) is 2.37. The van der Waals surface area contributed by atoms with Crippen LogP contribution >= 0.6 is 0 Å². The first kappa shape index (κ1) is 14.5. The van der Waals surface area contributed by atoms with Crippen LogP contribution in [0.15, 0.2) is 0 Å². The van der Waals surface area contributed by atoms with Crippen LogP contribution in [0, 0.1) is 11.8 Å². The Morgan fingerprint density at radius 3 is 2.65 bits per heavy atom. The molecule has 1 fully saturated rings. The molecule has 1 aliphatic rings. The largest absolute Gasteiger partial charge is 0.381 e. The van der Waals surface area contributed by atoms with Crippen molar-refractivity contribution in [3.8, 4) is 0 Å². The summed E-state index contributed by atoms with van der Waals surface area (Å²) in [6.07, 6.45) is 3.07. The number of nitrogens with one attached hydrogen (secondary N) is 1. The van der Waals surface area contributed by atoms with E-state index >= 15 is 0 Å². The molecular weight excluding hydrogens is 216 g/mol. The van der Waals surface area contributed by atoms with Crippen molar-refractivity contribution in [1.82, 2.24) is 10.2 Å². The van der Waals surface area contributed by atoms with Crippen molar-refractivity contribution in [3.05, 3.63) is 0 Å². The number of nitrogens with zero attached hydrogens (tertiary/aromatic N) is 1. The zero-order valence-corrected chi connectivity index (χ0v) is 11.4. The van der Waals surface area contributed by atoms with Gasteiger partial charge in [0.05, 0.1) is 5.92 Å². The molecule has 1 rings (SSSR count). The molecule has 0 aromatic rings. The van der Waals surface area contributed by atoms with E-state index in [2.05, 4.69) is 12.2 Å². The predicted octanol–water partition coefficient (Wildman–Crippen LogP) is 1.12. The average molecular weight is 242 g/mol. The van der Waals surface area contributed by atoms with Gasteiger partial charge in [0.2, 0.25) is 5.91 Å². The molecule has 1 amide bonds. The molecule has 0 spiro atoms. The van der Waals surface area contributed by atoms with Gasteiger partial charge >= 0.3 is 0 Å². The highest BCUT2D eigenvalue weighted by Crippen LogP contribution is 2.17. The number of carbonyl (C=O) groups excluding carboxylic acids is 1. The Morgan fingerprint density at radius 2 is 2.12 bits per heavy atom. The van der Waals surface area contributed by atoms with Crippen LogP contribution in [-0.2, 0) is 9.53 Å². The van der Waals surface area contributed by atoms with Crippen LogP contribution in [0.5, 0.6) is 0 Å². The molecule has 0 aromatic heterocycles. The molecule has 1 atom stereocenters. The molecular formula is C13H26N2O2. The van der Waals surface area contributed by atoms with E-state index in [0.29, 0.717) is 5.92 Å². The van der Waals surface area contributed by atoms with Crippen molar-refractivity contribution in [2.24, 2.45) is 11.8 Å². The lowest BCUT2D eigenvalue weighted by atomic mass is 9.98. The quantitative estimate of drug-likeness (QED) is 0.759. The molecule has 1 heterocycles. The summed E-state index contributed by atoms with van der Waals surface area (Å²) in [7, 11) is 3.82. The van der Waals surface area contributed by atoms with Gasteiger partial charge in [-0.15, -0.1) is 0 Å². The van der Waals surface area contributed by atoms with Crippen molar-refractivity contribution < 1.29 is 9.53 Å². The number of hydrogen-bond donors (Lipinski definition) is 1. The minimum Gasteiger partial charge on any atom is -0.381 e. The molecule has 1 saturated heterocycles. The van der Waals surface area contributed by atoms with E-state index in [0.717, 1.165) is 45.6 Å². The van der Waals surface area contributed by atoms with Gasteiger partial charge in [0, 0.05) is 33.4 Å². The molecule has 0 bridgehead atoms. The lowest BCUT2D eigenvalue weighted by Crippen LogP contribution is -2.40. The van der Waals surface area contributed by atoms with Gasteiger partial charge in [-0.3, -0.25) is 4.79 Å². The number of rotatable bonds is 6. The smallest absolute Gasteiger partial charge is 0.226 e. The van der Waals surface area contributed by atoms with Crippen molar-refractivity contribution >= 4 is 5.91 Å². The maximum atomic E-state index is 12.2. The first-order valence-corrected chi connectivity index (χ1v) is 6.66. The molecule has 0 radical (unpaired) electrons. The minimum absolute atomic E-state index is 0.116. The first-order valence-electron chi connectivity index (χ1n) is 6.66. The SMILES string of the molecule is CCC(CNC)C(=O)N(C)CC1CCOCC1. The second kappa shape index (κ2) is 7.67. The van der Waals surface area contributed by atoms with Crippen LogP contribution < -0.4 is 5.32 Å². The Labute approximate surface area is 105 Å². The van der Waals surface area contributed by atoms with E-state index in [9.17, 15) is 4.79 Å². The minimum atomic E-state index is 0.116. The second-order valence-corrected chi connectivity index (χ2v) is 4.94. The van der Waals surface area contributed by atoms with Gasteiger partial charge in [-0.1, -0.05) is 6.92 Å². The zero-order valence-electron chi connectivity index (χ0n) is 11.4. The van der Waals surface area contributed by atoms with Crippen LogP contribution in [-0.4, -0.2) is 51.2 Å². The lowest BCUT2D eigenvalue weighted by molar-refractivity contribution is -0.135. The van der Waals surface area contributed by atoms with Gasteiger partial charge in [-0.2, -0.15) is 0 Å². The third kappa shape index (κ3) is 4.64. The molecule has 4 heteroatoms.